The van der Waals surface area contributed by atoms with Crippen molar-refractivity contribution in [3.8, 4) is 0 Å². The SMILES string of the molecule is CCCCC(C)NC(=O)c1ccnc(Cl)c1. The van der Waals surface area contributed by atoms with Crippen LogP contribution in [0.1, 0.15) is 43.5 Å². The molecule has 4 heteroatoms. The Morgan fingerprint density at radius 3 is 3.00 bits per heavy atom. The molecule has 1 atom stereocenters. The molecule has 0 fully saturated rings. The van der Waals surface area contributed by atoms with E-state index in [0.29, 0.717) is 10.7 Å². The highest BCUT2D eigenvalue weighted by atomic mass is 35.5. The van der Waals surface area contributed by atoms with Gasteiger partial charge in [-0.2, -0.15) is 0 Å². The number of halogens is 1. The largest absolute Gasteiger partial charge is 0.350 e. The molecule has 0 bridgehead atoms. The van der Waals surface area contributed by atoms with Gasteiger partial charge >= 0.3 is 0 Å². The maximum Gasteiger partial charge on any atom is 0.251 e. The maximum atomic E-state index is 11.8. The van der Waals surface area contributed by atoms with Gasteiger partial charge in [0, 0.05) is 17.8 Å². The summed E-state index contributed by atoms with van der Waals surface area (Å²) in [5, 5.41) is 3.27. The molecule has 1 amide bonds. The molecule has 0 aliphatic heterocycles. The second-order valence-electron chi connectivity index (χ2n) is 3.88. The Bertz CT molecular complexity index is 355. The lowest BCUT2D eigenvalue weighted by Gasteiger charge is -2.13. The predicted molar refractivity (Wildman–Crippen MR) is 65.7 cm³/mol. The van der Waals surface area contributed by atoms with Crippen LogP contribution in [0.5, 0.6) is 0 Å². The molecule has 1 aromatic rings. The molecule has 1 heterocycles. The number of hydrogen-bond donors (Lipinski definition) is 1. The van der Waals surface area contributed by atoms with E-state index in [1.54, 1.807) is 12.1 Å². The van der Waals surface area contributed by atoms with Crippen LogP contribution < -0.4 is 5.32 Å². The average Bonchev–Trinajstić information content (AvgIpc) is 2.26. The van der Waals surface area contributed by atoms with E-state index in [0.717, 1.165) is 19.3 Å². The Hall–Kier alpha value is -1.09. The molecular weight excluding hydrogens is 224 g/mol. The molecule has 1 aromatic heterocycles. The molecule has 16 heavy (non-hydrogen) atoms. The zero-order valence-corrected chi connectivity index (χ0v) is 10.4. The smallest absolute Gasteiger partial charge is 0.251 e. The van der Waals surface area contributed by atoms with E-state index in [9.17, 15) is 4.79 Å². The van der Waals surface area contributed by atoms with Crippen molar-refractivity contribution in [3.63, 3.8) is 0 Å². The molecule has 0 aliphatic carbocycles. The first-order valence-corrected chi connectivity index (χ1v) is 5.93. The first-order chi connectivity index (χ1) is 7.63. The van der Waals surface area contributed by atoms with Gasteiger partial charge in [-0.05, 0) is 25.5 Å². The van der Waals surface area contributed by atoms with E-state index < -0.39 is 0 Å². The molecule has 1 rings (SSSR count). The number of nitrogens with zero attached hydrogens (tertiary/aromatic N) is 1. The van der Waals surface area contributed by atoms with E-state index >= 15 is 0 Å². The molecular formula is C12H17ClN2O. The van der Waals surface area contributed by atoms with E-state index in [1.165, 1.54) is 6.20 Å². The van der Waals surface area contributed by atoms with Crippen molar-refractivity contribution in [1.82, 2.24) is 10.3 Å². The summed E-state index contributed by atoms with van der Waals surface area (Å²) in [4.78, 5) is 15.6. The lowest BCUT2D eigenvalue weighted by molar-refractivity contribution is 0.0938. The van der Waals surface area contributed by atoms with Crippen LogP contribution in [-0.2, 0) is 0 Å². The lowest BCUT2D eigenvalue weighted by Crippen LogP contribution is -2.32. The van der Waals surface area contributed by atoms with Crippen molar-refractivity contribution in [2.75, 3.05) is 0 Å². The fraction of sp³-hybridized carbons (Fsp3) is 0.500. The number of hydrogen-bond acceptors (Lipinski definition) is 2. The summed E-state index contributed by atoms with van der Waals surface area (Å²) < 4.78 is 0. The number of carbonyl (C=O) groups excluding carboxylic acids is 1. The van der Waals surface area contributed by atoms with Gasteiger partial charge < -0.3 is 5.32 Å². The van der Waals surface area contributed by atoms with Crippen molar-refractivity contribution in [2.45, 2.75) is 39.2 Å². The molecule has 1 unspecified atom stereocenters. The standard InChI is InChI=1S/C12H17ClN2O/c1-3-4-5-9(2)15-12(16)10-6-7-14-11(13)8-10/h6-9H,3-5H2,1-2H3,(H,15,16). The molecule has 0 aromatic carbocycles. The van der Waals surface area contributed by atoms with Crippen molar-refractivity contribution in [1.29, 1.82) is 0 Å². The minimum absolute atomic E-state index is 0.0899. The number of nitrogens with one attached hydrogen (secondary N) is 1. The topological polar surface area (TPSA) is 42.0 Å². The molecule has 0 radical (unpaired) electrons. The van der Waals surface area contributed by atoms with Crippen molar-refractivity contribution >= 4 is 17.5 Å². The summed E-state index contributed by atoms with van der Waals surface area (Å²) in [6, 6.07) is 3.43. The molecule has 0 aliphatic rings. The van der Waals surface area contributed by atoms with Crippen LogP contribution in [0, 0.1) is 0 Å². The Kier molecular flexibility index (Phi) is 5.26. The van der Waals surface area contributed by atoms with Gasteiger partial charge in [0.05, 0.1) is 0 Å². The van der Waals surface area contributed by atoms with Gasteiger partial charge in [-0.3, -0.25) is 4.79 Å². The minimum Gasteiger partial charge on any atom is -0.350 e. The number of carbonyl (C=O) groups is 1. The molecule has 1 N–H and O–H groups in total. The first-order valence-electron chi connectivity index (χ1n) is 5.56. The lowest BCUT2D eigenvalue weighted by atomic mass is 10.1. The zero-order chi connectivity index (χ0) is 12.0. The third kappa shape index (κ3) is 4.19. The highest BCUT2D eigenvalue weighted by Gasteiger charge is 2.09. The second kappa shape index (κ2) is 6.48. The molecule has 3 nitrogen and oxygen atoms in total. The van der Waals surface area contributed by atoms with Gasteiger partial charge in [0.25, 0.3) is 5.91 Å². The average molecular weight is 241 g/mol. The van der Waals surface area contributed by atoms with Gasteiger partial charge in [-0.15, -0.1) is 0 Å². The van der Waals surface area contributed by atoms with Gasteiger partial charge in [0.15, 0.2) is 0 Å². The van der Waals surface area contributed by atoms with Crippen LogP contribution in [0.15, 0.2) is 18.3 Å². The molecule has 0 saturated carbocycles. The second-order valence-corrected chi connectivity index (χ2v) is 4.27. The summed E-state index contributed by atoms with van der Waals surface area (Å²) >= 11 is 5.72. The van der Waals surface area contributed by atoms with E-state index in [2.05, 4.69) is 17.2 Å². The zero-order valence-electron chi connectivity index (χ0n) is 9.66. The van der Waals surface area contributed by atoms with E-state index in [1.807, 2.05) is 6.92 Å². The Morgan fingerprint density at radius 2 is 2.38 bits per heavy atom. The van der Waals surface area contributed by atoms with Gasteiger partial charge in [0.2, 0.25) is 0 Å². The number of rotatable bonds is 5. The monoisotopic (exact) mass is 240 g/mol. The summed E-state index contributed by atoms with van der Waals surface area (Å²) in [5.41, 5.74) is 0.559. The summed E-state index contributed by atoms with van der Waals surface area (Å²) in [6.07, 6.45) is 4.80. The first kappa shape index (κ1) is 13.0. The van der Waals surface area contributed by atoms with Crippen LogP contribution in [0.3, 0.4) is 0 Å². The van der Waals surface area contributed by atoms with Crippen LogP contribution in [-0.4, -0.2) is 16.9 Å². The van der Waals surface area contributed by atoms with Gasteiger partial charge in [0.1, 0.15) is 5.15 Å². The van der Waals surface area contributed by atoms with E-state index in [-0.39, 0.29) is 11.9 Å². The van der Waals surface area contributed by atoms with Gasteiger partial charge in [-0.1, -0.05) is 31.4 Å². The van der Waals surface area contributed by atoms with Crippen molar-refractivity contribution < 1.29 is 4.79 Å². The molecule has 0 spiro atoms. The Labute approximate surface area is 101 Å². The third-order valence-electron chi connectivity index (χ3n) is 2.36. The van der Waals surface area contributed by atoms with Crippen LogP contribution in [0.4, 0.5) is 0 Å². The Balaban J connectivity index is 2.52. The third-order valence-corrected chi connectivity index (χ3v) is 2.56. The minimum atomic E-state index is -0.0899. The summed E-state index contributed by atoms with van der Waals surface area (Å²) in [5.74, 6) is -0.0899. The normalized spacial score (nSPS) is 12.2. The maximum absolute atomic E-state index is 11.8. The van der Waals surface area contributed by atoms with Crippen LogP contribution in [0.2, 0.25) is 5.15 Å². The number of amides is 1. The quantitative estimate of drug-likeness (QED) is 0.804. The highest BCUT2D eigenvalue weighted by molar-refractivity contribution is 6.29. The van der Waals surface area contributed by atoms with Crippen LogP contribution >= 0.6 is 11.6 Å². The number of pyridine rings is 1. The van der Waals surface area contributed by atoms with Crippen molar-refractivity contribution in [3.05, 3.63) is 29.0 Å². The highest BCUT2D eigenvalue weighted by Crippen LogP contribution is 2.08. The predicted octanol–water partition coefficient (Wildman–Crippen LogP) is 3.04. The molecule has 0 saturated heterocycles. The fourth-order valence-corrected chi connectivity index (χ4v) is 1.61. The van der Waals surface area contributed by atoms with E-state index in [4.69, 9.17) is 11.6 Å². The van der Waals surface area contributed by atoms with Gasteiger partial charge in [-0.25, -0.2) is 4.98 Å². The number of unbranched alkanes of at least 4 members (excludes halogenated alkanes) is 1. The Morgan fingerprint density at radius 1 is 1.62 bits per heavy atom. The fourth-order valence-electron chi connectivity index (χ4n) is 1.43. The molecule has 88 valence electrons. The van der Waals surface area contributed by atoms with Crippen molar-refractivity contribution in [2.24, 2.45) is 0 Å². The number of aromatic nitrogens is 1. The summed E-state index contributed by atoms with van der Waals surface area (Å²) in [6.45, 7) is 4.15. The van der Waals surface area contributed by atoms with Crippen LogP contribution in [0.25, 0.3) is 0 Å². The summed E-state index contributed by atoms with van der Waals surface area (Å²) in [7, 11) is 0.